The first kappa shape index (κ1) is 40.7. The maximum absolute atomic E-state index is 2.50. The van der Waals surface area contributed by atoms with E-state index in [0.717, 1.165) is 0 Å². The summed E-state index contributed by atoms with van der Waals surface area (Å²) in [6.07, 6.45) is 0. The van der Waals surface area contributed by atoms with Crippen LogP contribution in [-0.4, -0.2) is 0 Å². The fraction of sp³-hybridized carbons (Fsp3) is 0.0857. The molecular weight excluding hydrogens is 841 g/mol. The van der Waals surface area contributed by atoms with Crippen molar-refractivity contribution in [2.45, 2.75) is 38.5 Å². The van der Waals surface area contributed by atoms with Gasteiger partial charge in [-0.1, -0.05) is 234 Å². The molecule has 0 aromatic heterocycles. The van der Waals surface area contributed by atoms with Crippen LogP contribution in [0.15, 0.2) is 231 Å². The number of fused-ring (bicyclic) bond motifs is 6. The van der Waals surface area contributed by atoms with E-state index in [4.69, 9.17) is 0 Å². The summed E-state index contributed by atoms with van der Waals surface area (Å²) in [4.78, 5) is 0. The summed E-state index contributed by atoms with van der Waals surface area (Å²) in [5.41, 5.74) is 25.5. The molecule has 12 aromatic rings. The molecule has 2 aliphatic rings. The van der Waals surface area contributed by atoms with Crippen molar-refractivity contribution in [3.63, 3.8) is 0 Å². The predicted molar refractivity (Wildman–Crippen MR) is 298 cm³/mol. The summed E-state index contributed by atoms with van der Waals surface area (Å²) in [7, 11) is 0. The van der Waals surface area contributed by atoms with Crippen LogP contribution in [0.4, 0.5) is 0 Å². The van der Waals surface area contributed by atoms with Crippen molar-refractivity contribution >= 4 is 32.3 Å². The van der Waals surface area contributed by atoms with Gasteiger partial charge in [0.05, 0.1) is 0 Å². The van der Waals surface area contributed by atoms with Crippen LogP contribution in [0.3, 0.4) is 0 Å². The van der Waals surface area contributed by atoms with E-state index in [1.54, 1.807) is 0 Å². The highest BCUT2D eigenvalue weighted by molar-refractivity contribution is 6.32. The Bertz CT molecular complexity index is 3820. The number of hydrogen-bond donors (Lipinski definition) is 0. The van der Waals surface area contributed by atoms with Gasteiger partial charge >= 0.3 is 0 Å². The Hall–Kier alpha value is -8.32. The molecule has 0 N–H and O–H groups in total. The molecule has 0 spiro atoms. The van der Waals surface area contributed by atoms with Gasteiger partial charge in [0.1, 0.15) is 0 Å². The standard InChI is InChI=1S/C70H50/c1-69(2)63-29-17-15-27-51(63)61-39-45(31-37-65(61)69)57-41-59(49-25-13-11-23-47(49)43-19-7-5-8-20-43)55-36-34-54-58(46-32-38-66-62(40-46)52-28-16-18-30-64(52)70(66,3)4)42-60(56-35-33-53(57)67(55)68(54)56)50-26-14-12-24-48(50)44-21-9-6-10-22-44/h5-42H,1-4H3. The molecule has 0 heteroatoms. The van der Waals surface area contributed by atoms with Crippen LogP contribution in [0.2, 0.25) is 0 Å². The third kappa shape index (κ3) is 5.83. The highest BCUT2D eigenvalue weighted by Crippen LogP contribution is 2.55. The summed E-state index contributed by atoms with van der Waals surface area (Å²) < 4.78 is 0. The molecule has 0 heterocycles. The van der Waals surface area contributed by atoms with Crippen molar-refractivity contribution < 1.29 is 0 Å². The van der Waals surface area contributed by atoms with Crippen LogP contribution in [-0.2, 0) is 10.8 Å². The van der Waals surface area contributed by atoms with Crippen molar-refractivity contribution in [1.29, 1.82) is 0 Å². The lowest BCUT2D eigenvalue weighted by Crippen LogP contribution is -2.14. The van der Waals surface area contributed by atoms with Gasteiger partial charge in [-0.2, -0.15) is 0 Å². The second-order valence-electron chi connectivity index (χ2n) is 20.7. The average molecular weight is 891 g/mol. The third-order valence-corrected chi connectivity index (χ3v) is 16.3. The van der Waals surface area contributed by atoms with Crippen LogP contribution < -0.4 is 0 Å². The molecule has 0 nitrogen and oxygen atoms in total. The van der Waals surface area contributed by atoms with E-state index in [1.807, 2.05) is 0 Å². The second kappa shape index (κ2) is 15.1. The molecule has 0 saturated carbocycles. The molecule has 0 saturated heterocycles. The summed E-state index contributed by atoms with van der Waals surface area (Å²) in [5, 5.41) is 7.67. The Kier molecular flexibility index (Phi) is 8.78. The van der Waals surface area contributed by atoms with E-state index in [2.05, 4.69) is 258 Å². The highest BCUT2D eigenvalue weighted by atomic mass is 14.4. The van der Waals surface area contributed by atoms with Gasteiger partial charge in [-0.05, 0) is 168 Å². The molecule has 0 bridgehead atoms. The van der Waals surface area contributed by atoms with Crippen LogP contribution >= 0.6 is 0 Å². The van der Waals surface area contributed by atoms with Crippen LogP contribution in [0.1, 0.15) is 49.9 Å². The largest absolute Gasteiger partial charge is 0.0622 e. The molecule has 330 valence electrons. The molecule has 0 fully saturated rings. The lowest BCUT2D eigenvalue weighted by atomic mass is 9.79. The first-order valence-electron chi connectivity index (χ1n) is 24.8. The third-order valence-electron chi connectivity index (χ3n) is 16.3. The van der Waals surface area contributed by atoms with Crippen molar-refractivity contribution in [2.75, 3.05) is 0 Å². The molecular formula is C70H50. The van der Waals surface area contributed by atoms with Crippen LogP contribution in [0.25, 0.3) is 121 Å². The molecule has 70 heavy (non-hydrogen) atoms. The van der Waals surface area contributed by atoms with E-state index in [-0.39, 0.29) is 10.8 Å². The molecule has 0 aliphatic heterocycles. The van der Waals surface area contributed by atoms with Gasteiger partial charge in [0.25, 0.3) is 0 Å². The molecule has 2 aliphatic carbocycles. The van der Waals surface area contributed by atoms with Gasteiger partial charge in [0.15, 0.2) is 0 Å². The minimum Gasteiger partial charge on any atom is -0.0622 e. The molecule has 12 aromatic carbocycles. The SMILES string of the molecule is CC1(C)c2ccccc2-c2cc(-c3cc(-c4ccccc4-c4ccccc4)c4ccc5c(-c6ccc7c(c6)-c6ccccc6C7(C)C)cc(-c6ccccc6-c6ccccc6)c6ccc3c4c56)ccc21. The summed E-state index contributed by atoms with van der Waals surface area (Å²) in [6.45, 7) is 9.49. The second-order valence-corrected chi connectivity index (χ2v) is 20.7. The summed E-state index contributed by atoms with van der Waals surface area (Å²) in [6, 6.07) is 87.1. The Labute approximate surface area is 410 Å². The van der Waals surface area contributed by atoms with Crippen LogP contribution in [0.5, 0.6) is 0 Å². The van der Waals surface area contributed by atoms with Gasteiger partial charge in [-0.25, -0.2) is 0 Å². The van der Waals surface area contributed by atoms with Gasteiger partial charge in [0, 0.05) is 10.8 Å². The fourth-order valence-electron chi connectivity index (χ4n) is 12.9. The minimum absolute atomic E-state index is 0.0782. The van der Waals surface area contributed by atoms with E-state index >= 15 is 0 Å². The highest BCUT2D eigenvalue weighted by Gasteiger charge is 2.37. The van der Waals surface area contributed by atoms with E-state index in [1.165, 1.54) is 144 Å². The zero-order valence-corrected chi connectivity index (χ0v) is 39.9. The summed E-state index contributed by atoms with van der Waals surface area (Å²) >= 11 is 0. The smallest absolute Gasteiger partial charge is 0.0158 e. The molecule has 14 rings (SSSR count). The Balaban J connectivity index is 1.12. The van der Waals surface area contributed by atoms with Crippen molar-refractivity contribution in [1.82, 2.24) is 0 Å². The van der Waals surface area contributed by atoms with Gasteiger partial charge in [-0.3, -0.25) is 0 Å². The normalized spacial score (nSPS) is 13.9. The number of rotatable bonds is 6. The zero-order chi connectivity index (χ0) is 46.9. The number of benzene rings is 12. The average Bonchev–Trinajstić information content (AvgIpc) is 3.79. The van der Waals surface area contributed by atoms with Gasteiger partial charge < -0.3 is 0 Å². The van der Waals surface area contributed by atoms with Crippen molar-refractivity contribution in [3.8, 4) is 89.0 Å². The summed E-state index contributed by atoms with van der Waals surface area (Å²) in [5.74, 6) is 0. The quantitative estimate of drug-likeness (QED) is 0.146. The molecule has 0 amide bonds. The first-order chi connectivity index (χ1) is 34.3. The predicted octanol–water partition coefficient (Wildman–Crippen LogP) is 19.2. The first-order valence-corrected chi connectivity index (χ1v) is 24.8. The van der Waals surface area contributed by atoms with E-state index in [0.29, 0.717) is 0 Å². The van der Waals surface area contributed by atoms with E-state index < -0.39 is 0 Å². The van der Waals surface area contributed by atoms with Crippen molar-refractivity contribution in [3.05, 3.63) is 253 Å². The molecule has 0 radical (unpaired) electrons. The maximum atomic E-state index is 2.50. The zero-order valence-electron chi connectivity index (χ0n) is 39.9. The fourth-order valence-corrected chi connectivity index (χ4v) is 12.9. The Morgan fingerprint density at radius 2 is 0.514 bits per heavy atom. The van der Waals surface area contributed by atoms with Gasteiger partial charge in [-0.15, -0.1) is 0 Å². The van der Waals surface area contributed by atoms with Gasteiger partial charge in [0.2, 0.25) is 0 Å². The molecule has 0 unspecified atom stereocenters. The van der Waals surface area contributed by atoms with E-state index in [9.17, 15) is 0 Å². The number of hydrogen-bond acceptors (Lipinski definition) is 0. The lowest BCUT2D eigenvalue weighted by Gasteiger charge is -2.24. The van der Waals surface area contributed by atoms with Crippen molar-refractivity contribution in [2.24, 2.45) is 0 Å². The maximum Gasteiger partial charge on any atom is 0.0158 e. The van der Waals surface area contributed by atoms with Crippen LogP contribution in [0, 0.1) is 0 Å². The lowest BCUT2D eigenvalue weighted by molar-refractivity contribution is 0.660. The minimum atomic E-state index is -0.0782. The monoisotopic (exact) mass is 890 g/mol. The Morgan fingerprint density at radius 1 is 0.200 bits per heavy atom. The topological polar surface area (TPSA) is 0 Å². The molecule has 0 atom stereocenters. The Morgan fingerprint density at radius 3 is 0.914 bits per heavy atom.